The van der Waals surface area contributed by atoms with E-state index in [1.807, 2.05) is 4.90 Å². The molecule has 0 aromatic heterocycles. The highest BCUT2D eigenvalue weighted by atomic mass is 16.3. The smallest absolute Gasteiger partial charge is 0.255 e. The molecule has 2 amide bonds. The molecule has 1 saturated heterocycles. The van der Waals surface area contributed by atoms with Crippen LogP contribution in [0.5, 0.6) is 0 Å². The minimum Gasteiger partial charge on any atom is -0.380 e. The summed E-state index contributed by atoms with van der Waals surface area (Å²) in [6, 6.07) is 6.66. The first-order valence-corrected chi connectivity index (χ1v) is 13.2. The van der Waals surface area contributed by atoms with E-state index >= 15 is 0 Å². The summed E-state index contributed by atoms with van der Waals surface area (Å²) in [7, 11) is 0. The number of benzene rings is 1. The van der Waals surface area contributed by atoms with Gasteiger partial charge < -0.3 is 15.4 Å². The topological polar surface area (TPSA) is 97.3 Å². The van der Waals surface area contributed by atoms with E-state index in [9.17, 15) is 14.7 Å². The van der Waals surface area contributed by atoms with Gasteiger partial charge in [0.15, 0.2) is 0 Å². The molecule has 1 spiro atoms. The lowest BCUT2D eigenvalue weighted by molar-refractivity contribution is -0.141. The summed E-state index contributed by atoms with van der Waals surface area (Å²) in [5, 5.41) is 10.2. The summed E-state index contributed by atoms with van der Waals surface area (Å²) < 4.78 is 0. The summed E-state index contributed by atoms with van der Waals surface area (Å²) >= 11 is 0. The molecule has 7 rings (SSSR count). The Balaban J connectivity index is 1.05. The molecule has 3 atom stereocenters. The summed E-state index contributed by atoms with van der Waals surface area (Å²) in [5.41, 5.74) is 8.57. The minimum absolute atomic E-state index is 0.125. The number of hydrazine groups is 1. The number of anilines is 1. The zero-order chi connectivity index (χ0) is 23.8. The van der Waals surface area contributed by atoms with Crippen LogP contribution in [-0.2, 0) is 16.1 Å². The third-order valence-electron chi connectivity index (χ3n) is 8.86. The zero-order valence-electron chi connectivity index (χ0n) is 20.0. The molecule has 3 aliphatic heterocycles. The largest absolute Gasteiger partial charge is 0.380 e. The van der Waals surface area contributed by atoms with E-state index in [0.29, 0.717) is 38.4 Å². The van der Waals surface area contributed by atoms with Crippen molar-refractivity contribution in [2.75, 3.05) is 25.1 Å². The minimum atomic E-state index is -1.11. The van der Waals surface area contributed by atoms with Crippen LogP contribution in [0.3, 0.4) is 0 Å². The molecule has 35 heavy (non-hydrogen) atoms. The number of amides is 2. The van der Waals surface area contributed by atoms with E-state index in [0.717, 1.165) is 50.2 Å². The van der Waals surface area contributed by atoms with Gasteiger partial charge in [-0.15, -0.1) is 0 Å². The molecule has 8 heteroatoms. The molecule has 3 fully saturated rings. The number of hydrogen-bond acceptors (Lipinski definition) is 6. The van der Waals surface area contributed by atoms with Gasteiger partial charge in [0.05, 0.1) is 5.69 Å². The number of nitrogens with zero attached hydrogens (tertiary/aromatic N) is 3. The highest BCUT2D eigenvalue weighted by Gasteiger charge is 2.58. The highest BCUT2D eigenvalue weighted by Crippen LogP contribution is 2.47. The predicted octanol–water partition coefficient (Wildman–Crippen LogP) is 2.31. The van der Waals surface area contributed by atoms with Gasteiger partial charge >= 0.3 is 0 Å². The maximum absolute atomic E-state index is 13.4. The Hall–Kier alpha value is -2.71. The van der Waals surface area contributed by atoms with Crippen LogP contribution in [0.15, 0.2) is 35.3 Å². The first-order chi connectivity index (χ1) is 16.9. The second kappa shape index (κ2) is 7.64. The van der Waals surface area contributed by atoms with Crippen molar-refractivity contribution in [3.63, 3.8) is 0 Å². The molecule has 2 unspecified atom stereocenters. The Morgan fingerprint density at radius 1 is 1.11 bits per heavy atom. The fourth-order valence-corrected chi connectivity index (χ4v) is 6.30. The van der Waals surface area contributed by atoms with Gasteiger partial charge in [-0.3, -0.25) is 19.5 Å². The third kappa shape index (κ3) is 3.61. The third-order valence-corrected chi connectivity index (χ3v) is 8.86. The number of carbonyl (C=O) groups is 2. The maximum atomic E-state index is 13.4. The second-order valence-electron chi connectivity index (χ2n) is 11.4. The van der Waals surface area contributed by atoms with Gasteiger partial charge in [0.1, 0.15) is 17.0 Å². The van der Waals surface area contributed by atoms with Crippen LogP contribution in [0.25, 0.3) is 0 Å². The van der Waals surface area contributed by atoms with Crippen LogP contribution in [-0.4, -0.2) is 63.3 Å². The molecule has 8 nitrogen and oxygen atoms in total. The molecular weight excluding hydrogens is 442 g/mol. The van der Waals surface area contributed by atoms with Gasteiger partial charge in [-0.1, -0.05) is 24.3 Å². The molecule has 184 valence electrons. The Labute approximate surface area is 205 Å². The van der Waals surface area contributed by atoms with Crippen molar-refractivity contribution in [2.45, 2.75) is 68.5 Å². The van der Waals surface area contributed by atoms with Crippen LogP contribution in [0, 0.1) is 11.8 Å². The van der Waals surface area contributed by atoms with E-state index < -0.39 is 11.1 Å². The Bertz CT molecular complexity index is 1150. The van der Waals surface area contributed by atoms with Crippen molar-refractivity contribution >= 4 is 23.3 Å². The van der Waals surface area contributed by atoms with E-state index in [2.05, 4.69) is 41.2 Å². The molecular formula is C27H33N5O3. The van der Waals surface area contributed by atoms with Gasteiger partial charge in [-0.25, -0.2) is 5.43 Å². The number of amidine groups is 1. The van der Waals surface area contributed by atoms with Gasteiger partial charge in [-0.2, -0.15) is 0 Å². The summed E-state index contributed by atoms with van der Waals surface area (Å²) in [4.78, 5) is 34.7. The normalized spacial score (nSPS) is 31.5. The number of carbonyl (C=O) groups excluding carboxylic acids is 2. The number of allylic oxidation sites excluding steroid dienone is 1. The maximum Gasteiger partial charge on any atom is 0.255 e. The van der Waals surface area contributed by atoms with Crippen molar-refractivity contribution in [3.05, 3.63) is 41.5 Å². The number of nitrogens with one attached hydrogen (secondary N) is 2. The lowest BCUT2D eigenvalue weighted by Gasteiger charge is -2.29. The van der Waals surface area contributed by atoms with E-state index in [1.165, 1.54) is 11.1 Å². The van der Waals surface area contributed by atoms with Gasteiger partial charge in [0.2, 0.25) is 0 Å². The average Bonchev–Trinajstić information content (AvgIpc) is 3.66. The number of likely N-dealkylation sites (tertiary alicyclic amines) is 1. The van der Waals surface area contributed by atoms with E-state index in [1.54, 1.807) is 4.90 Å². The zero-order valence-corrected chi connectivity index (χ0v) is 20.0. The molecule has 0 bridgehead atoms. The van der Waals surface area contributed by atoms with E-state index in [-0.39, 0.29) is 23.7 Å². The summed E-state index contributed by atoms with van der Waals surface area (Å²) in [6.45, 7) is 2.76. The SMILES string of the molecule is O=C(N1CC[C@@H](CN2C(=O)C3(CC3)N=C2C2C=CC(c3ccc4c(c3)CNN4)CC2)C1)C1(O)CC1. The Morgan fingerprint density at radius 3 is 2.66 bits per heavy atom. The van der Waals surface area contributed by atoms with Crippen molar-refractivity contribution in [1.29, 1.82) is 0 Å². The monoisotopic (exact) mass is 475 g/mol. The van der Waals surface area contributed by atoms with Crippen molar-refractivity contribution in [3.8, 4) is 0 Å². The number of fused-ring (bicyclic) bond motifs is 1. The van der Waals surface area contributed by atoms with Gasteiger partial charge in [-0.05, 0) is 68.1 Å². The van der Waals surface area contributed by atoms with Crippen molar-refractivity contribution < 1.29 is 14.7 Å². The molecule has 2 saturated carbocycles. The average molecular weight is 476 g/mol. The first-order valence-electron chi connectivity index (χ1n) is 13.2. The van der Waals surface area contributed by atoms with Crippen molar-refractivity contribution in [2.24, 2.45) is 16.8 Å². The quantitative estimate of drug-likeness (QED) is 0.568. The molecule has 0 radical (unpaired) electrons. The van der Waals surface area contributed by atoms with Gasteiger partial charge in [0, 0.05) is 38.0 Å². The fraction of sp³-hybridized carbons (Fsp3) is 0.593. The van der Waals surface area contributed by atoms with Crippen LogP contribution in [0.4, 0.5) is 5.69 Å². The van der Waals surface area contributed by atoms with E-state index in [4.69, 9.17) is 4.99 Å². The molecule has 3 heterocycles. The first kappa shape index (κ1) is 21.6. The van der Waals surface area contributed by atoms with Crippen LogP contribution < -0.4 is 10.9 Å². The van der Waals surface area contributed by atoms with Crippen LogP contribution in [0.2, 0.25) is 0 Å². The predicted molar refractivity (Wildman–Crippen MR) is 131 cm³/mol. The van der Waals surface area contributed by atoms with Crippen LogP contribution >= 0.6 is 0 Å². The Morgan fingerprint density at radius 2 is 1.91 bits per heavy atom. The number of aliphatic imine (C=N–C) groups is 1. The Kier molecular flexibility index (Phi) is 4.71. The second-order valence-corrected chi connectivity index (χ2v) is 11.4. The molecule has 3 N–H and O–H groups in total. The number of hydrogen-bond donors (Lipinski definition) is 3. The summed E-state index contributed by atoms with van der Waals surface area (Å²) in [6.07, 6.45) is 10.3. The molecule has 1 aromatic carbocycles. The highest BCUT2D eigenvalue weighted by molar-refractivity contribution is 6.11. The lowest BCUT2D eigenvalue weighted by atomic mass is 9.83. The van der Waals surface area contributed by atoms with Crippen LogP contribution in [0.1, 0.15) is 62.0 Å². The fourth-order valence-electron chi connectivity index (χ4n) is 6.30. The molecule has 3 aliphatic carbocycles. The summed E-state index contributed by atoms with van der Waals surface area (Å²) in [5.74, 6) is 1.76. The molecule has 1 aromatic rings. The van der Waals surface area contributed by atoms with Gasteiger partial charge in [0.25, 0.3) is 11.8 Å². The lowest BCUT2D eigenvalue weighted by Crippen LogP contribution is -2.43. The van der Waals surface area contributed by atoms with Crippen molar-refractivity contribution in [1.82, 2.24) is 15.2 Å². The molecule has 6 aliphatic rings. The number of aliphatic hydroxyl groups is 1. The standard InChI is InChI=1S/C27H33N5O3/c33-24-26(8-9-26)29-23(32(24)16-17-7-12-31(15-17)25(34)27(35)10-11-27)19-3-1-18(2-4-19)20-5-6-22-21(13-20)14-28-30-22/h1,3,5-6,13,17-19,28,30,35H,2,4,7-12,14-16H2/t17-,18?,19?/m1/s1. The number of rotatable bonds is 5.